The molecule has 2 saturated heterocycles. The van der Waals surface area contributed by atoms with Crippen LogP contribution in [0, 0.1) is 0 Å². The molecule has 0 spiro atoms. The van der Waals surface area contributed by atoms with E-state index < -0.39 is 36.0 Å². The summed E-state index contributed by atoms with van der Waals surface area (Å²) in [5.41, 5.74) is 0. The molecule has 7 heteroatoms. The minimum Gasteiger partial charge on any atom is -0.394 e. The number of fused-ring (bicyclic) bond motifs is 1. The summed E-state index contributed by atoms with van der Waals surface area (Å²) in [6.07, 6.45) is -2.67. The zero-order chi connectivity index (χ0) is 14.3. The molecule has 0 radical (unpaired) electrons. The molecule has 19 heavy (non-hydrogen) atoms. The van der Waals surface area contributed by atoms with Crippen LogP contribution in [0.2, 0.25) is 0 Å². The predicted octanol–water partition coefficient (Wildman–Crippen LogP) is -0.752. The van der Waals surface area contributed by atoms with Gasteiger partial charge in [-0.25, -0.2) is 0 Å². The van der Waals surface area contributed by atoms with Gasteiger partial charge in [0.2, 0.25) is 11.6 Å². The molecule has 0 aromatic carbocycles. The van der Waals surface area contributed by atoms with Crippen molar-refractivity contribution in [2.45, 2.75) is 49.8 Å². The van der Waals surface area contributed by atoms with Crippen LogP contribution in [0.15, 0.2) is 0 Å². The fourth-order valence-electron chi connectivity index (χ4n) is 2.49. The molecule has 0 bridgehead atoms. The Morgan fingerprint density at radius 3 is 2.11 bits per heavy atom. The summed E-state index contributed by atoms with van der Waals surface area (Å²) >= 11 is 0. The molecule has 7 nitrogen and oxygen atoms in total. The maximum atomic E-state index is 9.98. The van der Waals surface area contributed by atoms with E-state index in [2.05, 4.69) is 0 Å². The van der Waals surface area contributed by atoms with Gasteiger partial charge < -0.3 is 33.9 Å². The van der Waals surface area contributed by atoms with Gasteiger partial charge in [0.1, 0.15) is 24.4 Å². The van der Waals surface area contributed by atoms with Crippen molar-refractivity contribution >= 4 is 0 Å². The first-order valence-corrected chi connectivity index (χ1v) is 6.27. The average molecular weight is 278 g/mol. The summed E-state index contributed by atoms with van der Waals surface area (Å²) in [6.45, 7) is 3.23. The molecule has 2 rings (SSSR count). The van der Waals surface area contributed by atoms with E-state index in [1.165, 1.54) is 14.2 Å². The van der Waals surface area contributed by atoms with Gasteiger partial charge in [-0.3, -0.25) is 0 Å². The lowest BCUT2D eigenvalue weighted by Crippen LogP contribution is -2.71. The summed E-state index contributed by atoms with van der Waals surface area (Å²) in [5.74, 6) is -2.34. The van der Waals surface area contributed by atoms with Crippen LogP contribution in [0.25, 0.3) is 0 Å². The van der Waals surface area contributed by atoms with Crippen LogP contribution in [0.1, 0.15) is 13.8 Å². The Kier molecular flexibility index (Phi) is 4.18. The molecular formula is C12H22O7. The van der Waals surface area contributed by atoms with Crippen LogP contribution >= 0.6 is 0 Å². The smallest absolute Gasteiger partial charge is 0.220 e. The predicted molar refractivity (Wildman–Crippen MR) is 63.4 cm³/mol. The maximum Gasteiger partial charge on any atom is 0.220 e. The zero-order valence-electron chi connectivity index (χ0n) is 11.7. The van der Waals surface area contributed by atoms with Gasteiger partial charge >= 0.3 is 0 Å². The van der Waals surface area contributed by atoms with Crippen LogP contribution in [-0.4, -0.2) is 73.6 Å². The first-order chi connectivity index (χ1) is 8.90. The lowest BCUT2D eigenvalue weighted by Gasteiger charge is -2.55. The third-order valence-electron chi connectivity index (χ3n) is 4.06. The Hall–Kier alpha value is -0.280. The van der Waals surface area contributed by atoms with Crippen molar-refractivity contribution < 1.29 is 33.9 Å². The van der Waals surface area contributed by atoms with Gasteiger partial charge in [0.15, 0.2) is 0 Å². The highest BCUT2D eigenvalue weighted by Gasteiger charge is 2.60. The molecule has 2 heterocycles. The lowest BCUT2D eigenvalue weighted by molar-refractivity contribution is -0.468. The van der Waals surface area contributed by atoms with Crippen LogP contribution in [0.4, 0.5) is 0 Å². The van der Waals surface area contributed by atoms with Crippen LogP contribution in [-0.2, 0) is 23.7 Å². The van der Waals surface area contributed by atoms with Crippen LogP contribution < -0.4 is 0 Å². The van der Waals surface area contributed by atoms with E-state index in [0.29, 0.717) is 0 Å². The Balaban J connectivity index is 2.29. The quantitative estimate of drug-likeness (QED) is 0.702. The third-order valence-corrected chi connectivity index (χ3v) is 4.06. The fraction of sp³-hybridized carbons (Fsp3) is 1.00. The van der Waals surface area contributed by atoms with Gasteiger partial charge in [0.05, 0.1) is 13.2 Å². The molecule has 0 aromatic heterocycles. The molecule has 112 valence electrons. The molecule has 6 atom stereocenters. The second kappa shape index (κ2) is 5.25. The van der Waals surface area contributed by atoms with E-state index >= 15 is 0 Å². The monoisotopic (exact) mass is 278 g/mol. The second-order valence-corrected chi connectivity index (χ2v) is 5.09. The zero-order valence-corrected chi connectivity index (χ0v) is 11.7. The summed E-state index contributed by atoms with van der Waals surface area (Å²) < 4.78 is 27.8. The molecule has 2 aliphatic heterocycles. The summed E-state index contributed by atoms with van der Waals surface area (Å²) in [6, 6.07) is 0. The molecular weight excluding hydrogens is 256 g/mol. The van der Waals surface area contributed by atoms with Crippen molar-refractivity contribution in [3.8, 4) is 0 Å². The van der Waals surface area contributed by atoms with Crippen molar-refractivity contribution in [1.82, 2.24) is 0 Å². The first-order valence-electron chi connectivity index (χ1n) is 6.27. The topological polar surface area (TPSA) is 86.6 Å². The first kappa shape index (κ1) is 15.1. The molecule has 2 N–H and O–H groups in total. The average Bonchev–Trinajstić information content (AvgIpc) is 2.41. The van der Waals surface area contributed by atoms with Crippen molar-refractivity contribution in [2.24, 2.45) is 0 Å². The molecule has 2 fully saturated rings. The van der Waals surface area contributed by atoms with E-state index in [9.17, 15) is 10.2 Å². The molecule has 0 saturated carbocycles. The van der Waals surface area contributed by atoms with Crippen LogP contribution in [0.5, 0.6) is 0 Å². The summed E-state index contributed by atoms with van der Waals surface area (Å²) in [7, 11) is 2.96. The summed E-state index contributed by atoms with van der Waals surface area (Å²) in [4.78, 5) is 0. The van der Waals surface area contributed by atoms with Crippen molar-refractivity contribution in [3.63, 3.8) is 0 Å². The number of aliphatic hydroxyl groups excluding tert-OH is 2. The number of aliphatic hydroxyl groups is 2. The van der Waals surface area contributed by atoms with Crippen molar-refractivity contribution in [2.75, 3.05) is 27.4 Å². The molecule has 0 aliphatic carbocycles. The van der Waals surface area contributed by atoms with E-state index in [0.717, 1.165) is 0 Å². The number of methoxy groups -OCH3 is 2. The molecule has 2 unspecified atom stereocenters. The lowest BCUT2D eigenvalue weighted by atomic mass is 9.95. The van der Waals surface area contributed by atoms with Crippen molar-refractivity contribution in [1.29, 1.82) is 0 Å². The van der Waals surface area contributed by atoms with Gasteiger partial charge in [-0.05, 0) is 13.8 Å². The SMILES string of the molecule is COC1(C)O[C@H]2[C@H](OC1(C)OC)[C@@H](CO)OC[C@H]2O. The van der Waals surface area contributed by atoms with Gasteiger partial charge in [-0.15, -0.1) is 0 Å². The van der Waals surface area contributed by atoms with Crippen LogP contribution in [0.3, 0.4) is 0 Å². The largest absolute Gasteiger partial charge is 0.394 e. The Labute approximate surface area is 112 Å². The number of hydrogen-bond acceptors (Lipinski definition) is 7. The normalized spacial score (nSPS) is 50.8. The van der Waals surface area contributed by atoms with E-state index in [1.807, 2.05) is 0 Å². The number of hydrogen-bond donors (Lipinski definition) is 2. The van der Waals surface area contributed by atoms with E-state index in [4.69, 9.17) is 23.7 Å². The second-order valence-electron chi connectivity index (χ2n) is 5.09. The summed E-state index contributed by atoms with van der Waals surface area (Å²) in [5, 5.41) is 19.3. The highest BCUT2D eigenvalue weighted by atomic mass is 16.8. The van der Waals surface area contributed by atoms with Gasteiger partial charge in [0, 0.05) is 14.2 Å². The minimum absolute atomic E-state index is 0.0826. The highest BCUT2D eigenvalue weighted by Crippen LogP contribution is 2.42. The minimum atomic E-state index is -1.17. The third kappa shape index (κ3) is 2.29. The standard InChI is InChI=1S/C12H22O7/c1-11(15-3)12(2,16-4)19-10-8(5-13)17-6-7(14)9(10)18-11/h7-10,13-14H,5-6H2,1-4H3/t7-,8-,9-,10-,11?,12?/m1/s1. The Morgan fingerprint density at radius 1 is 1.11 bits per heavy atom. The number of ether oxygens (including phenoxy) is 5. The highest BCUT2D eigenvalue weighted by molar-refractivity contribution is 4.98. The van der Waals surface area contributed by atoms with Gasteiger partial charge in [-0.1, -0.05) is 0 Å². The van der Waals surface area contributed by atoms with Gasteiger partial charge in [0.25, 0.3) is 0 Å². The maximum absolute atomic E-state index is 9.98. The van der Waals surface area contributed by atoms with E-state index in [1.54, 1.807) is 13.8 Å². The van der Waals surface area contributed by atoms with Crippen molar-refractivity contribution in [3.05, 3.63) is 0 Å². The molecule has 0 aromatic rings. The Bertz CT molecular complexity index is 325. The van der Waals surface area contributed by atoms with Gasteiger partial charge in [-0.2, -0.15) is 0 Å². The molecule has 2 aliphatic rings. The number of rotatable bonds is 3. The fourth-order valence-corrected chi connectivity index (χ4v) is 2.49. The Morgan fingerprint density at radius 2 is 1.63 bits per heavy atom. The van der Waals surface area contributed by atoms with E-state index in [-0.39, 0.29) is 13.2 Å². The molecule has 0 amide bonds.